The molecule has 2 rings (SSSR count). The molecule has 3 nitrogen and oxygen atoms in total. The first-order chi connectivity index (χ1) is 8.15. The second-order valence-corrected chi connectivity index (χ2v) is 5.50. The molecular formula is C14H25N3. The molecule has 0 radical (unpaired) electrons. The minimum atomic E-state index is 0.420. The molecule has 2 N–H and O–H groups in total. The maximum Gasteiger partial charge on any atom is 0.127 e. The molecule has 0 aliphatic heterocycles. The Bertz CT molecular complexity index is 373. The molecule has 0 unspecified atom stereocenters. The van der Waals surface area contributed by atoms with E-state index in [0.29, 0.717) is 12.0 Å². The Kier molecular flexibility index (Phi) is 3.75. The Balaban J connectivity index is 2.37. The van der Waals surface area contributed by atoms with Crippen LogP contribution < -0.4 is 5.73 Å². The van der Waals surface area contributed by atoms with Gasteiger partial charge >= 0.3 is 0 Å². The summed E-state index contributed by atoms with van der Waals surface area (Å²) in [6.07, 6.45) is 7.38. The summed E-state index contributed by atoms with van der Waals surface area (Å²) in [5, 5.41) is 0. The highest BCUT2D eigenvalue weighted by Crippen LogP contribution is 2.36. The fourth-order valence-corrected chi connectivity index (χ4v) is 2.95. The van der Waals surface area contributed by atoms with Crippen LogP contribution in [0, 0.1) is 0 Å². The summed E-state index contributed by atoms with van der Waals surface area (Å²) in [6, 6.07) is 0.420. The van der Waals surface area contributed by atoms with Crippen molar-refractivity contribution in [2.24, 2.45) is 0 Å². The van der Waals surface area contributed by atoms with Gasteiger partial charge in [0.2, 0.25) is 0 Å². The van der Waals surface area contributed by atoms with Crippen molar-refractivity contribution in [2.45, 2.75) is 71.3 Å². The van der Waals surface area contributed by atoms with Crippen molar-refractivity contribution in [3.63, 3.8) is 0 Å². The molecule has 1 saturated carbocycles. The molecule has 1 fully saturated rings. The van der Waals surface area contributed by atoms with Gasteiger partial charge in [0.05, 0.1) is 5.69 Å². The van der Waals surface area contributed by atoms with Crippen LogP contribution in [0.3, 0.4) is 0 Å². The van der Waals surface area contributed by atoms with E-state index < -0.39 is 0 Å². The van der Waals surface area contributed by atoms with Gasteiger partial charge in [0.25, 0.3) is 0 Å². The van der Waals surface area contributed by atoms with Crippen molar-refractivity contribution >= 4 is 5.82 Å². The van der Waals surface area contributed by atoms with Crippen molar-refractivity contribution in [1.29, 1.82) is 0 Å². The molecule has 3 heteroatoms. The Morgan fingerprint density at radius 1 is 1.35 bits per heavy atom. The van der Waals surface area contributed by atoms with Gasteiger partial charge < -0.3 is 10.3 Å². The zero-order valence-electron chi connectivity index (χ0n) is 11.4. The Morgan fingerprint density at radius 2 is 2.00 bits per heavy atom. The molecule has 17 heavy (non-hydrogen) atoms. The SMILES string of the molecule is CCCc1nc(C2CCCC2)n(C(C)C)c1N. The molecule has 1 aromatic heterocycles. The minimum absolute atomic E-state index is 0.420. The monoisotopic (exact) mass is 235 g/mol. The highest BCUT2D eigenvalue weighted by molar-refractivity contribution is 5.40. The van der Waals surface area contributed by atoms with Gasteiger partial charge in [-0.15, -0.1) is 0 Å². The third kappa shape index (κ3) is 2.33. The van der Waals surface area contributed by atoms with Crippen LogP contribution in [0.5, 0.6) is 0 Å². The van der Waals surface area contributed by atoms with Gasteiger partial charge in [0.15, 0.2) is 0 Å². The van der Waals surface area contributed by atoms with Gasteiger partial charge in [-0.1, -0.05) is 26.2 Å². The van der Waals surface area contributed by atoms with Crippen molar-refractivity contribution in [1.82, 2.24) is 9.55 Å². The number of nitrogens with zero attached hydrogens (tertiary/aromatic N) is 2. The lowest BCUT2D eigenvalue weighted by Gasteiger charge is -2.17. The summed E-state index contributed by atoms with van der Waals surface area (Å²) in [7, 11) is 0. The third-order valence-corrected chi connectivity index (χ3v) is 3.78. The molecular weight excluding hydrogens is 210 g/mol. The zero-order chi connectivity index (χ0) is 12.4. The van der Waals surface area contributed by atoms with Gasteiger partial charge in [-0.25, -0.2) is 4.98 Å². The summed E-state index contributed by atoms with van der Waals surface area (Å²) in [5.74, 6) is 2.80. The van der Waals surface area contributed by atoms with Gasteiger partial charge in [0, 0.05) is 12.0 Å². The largest absolute Gasteiger partial charge is 0.384 e. The number of nitrogen functional groups attached to an aromatic ring is 1. The zero-order valence-corrected chi connectivity index (χ0v) is 11.4. The molecule has 0 spiro atoms. The van der Waals surface area contributed by atoms with E-state index in [9.17, 15) is 0 Å². The van der Waals surface area contributed by atoms with Crippen LogP contribution in [0.15, 0.2) is 0 Å². The maximum atomic E-state index is 6.26. The Hall–Kier alpha value is -0.990. The minimum Gasteiger partial charge on any atom is -0.384 e. The summed E-state index contributed by atoms with van der Waals surface area (Å²) in [4.78, 5) is 4.84. The summed E-state index contributed by atoms with van der Waals surface area (Å²) < 4.78 is 2.26. The highest BCUT2D eigenvalue weighted by atomic mass is 15.2. The number of hydrogen-bond acceptors (Lipinski definition) is 2. The molecule has 1 aliphatic carbocycles. The number of aryl methyl sites for hydroxylation is 1. The van der Waals surface area contributed by atoms with Crippen LogP contribution in [-0.2, 0) is 6.42 Å². The first-order valence-electron chi connectivity index (χ1n) is 7.01. The lowest BCUT2D eigenvalue weighted by molar-refractivity contribution is 0.534. The van der Waals surface area contributed by atoms with Crippen LogP contribution >= 0.6 is 0 Å². The van der Waals surface area contributed by atoms with Crippen LogP contribution in [-0.4, -0.2) is 9.55 Å². The van der Waals surface area contributed by atoms with Gasteiger partial charge in [-0.05, 0) is 33.1 Å². The van der Waals surface area contributed by atoms with E-state index in [2.05, 4.69) is 25.3 Å². The highest BCUT2D eigenvalue weighted by Gasteiger charge is 2.25. The summed E-state index contributed by atoms with van der Waals surface area (Å²) >= 11 is 0. The number of imidazole rings is 1. The van der Waals surface area contributed by atoms with Gasteiger partial charge in [-0.2, -0.15) is 0 Å². The molecule has 0 amide bonds. The van der Waals surface area contributed by atoms with E-state index in [4.69, 9.17) is 10.7 Å². The quantitative estimate of drug-likeness (QED) is 0.865. The van der Waals surface area contributed by atoms with E-state index in [1.165, 1.54) is 31.5 Å². The smallest absolute Gasteiger partial charge is 0.127 e. The first kappa shape index (κ1) is 12.5. The molecule has 96 valence electrons. The van der Waals surface area contributed by atoms with E-state index in [1.807, 2.05) is 0 Å². The maximum absolute atomic E-state index is 6.26. The fourth-order valence-electron chi connectivity index (χ4n) is 2.95. The second kappa shape index (κ2) is 5.11. The number of aromatic nitrogens is 2. The van der Waals surface area contributed by atoms with Crippen molar-refractivity contribution in [3.05, 3.63) is 11.5 Å². The topological polar surface area (TPSA) is 43.8 Å². The van der Waals surface area contributed by atoms with E-state index in [-0.39, 0.29) is 0 Å². The number of nitrogens with two attached hydrogens (primary N) is 1. The van der Waals surface area contributed by atoms with Crippen molar-refractivity contribution in [3.8, 4) is 0 Å². The Labute approximate surface area is 104 Å². The second-order valence-electron chi connectivity index (χ2n) is 5.50. The first-order valence-corrected chi connectivity index (χ1v) is 7.01. The van der Waals surface area contributed by atoms with Gasteiger partial charge in [0.1, 0.15) is 11.6 Å². The number of anilines is 1. The fraction of sp³-hybridized carbons (Fsp3) is 0.786. The average Bonchev–Trinajstić information content (AvgIpc) is 2.87. The number of rotatable bonds is 4. The van der Waals surface area contributed by atoms with E-state index >= 15 is 0 Å². The van der Waals surface area contributed by atoms with Crippen LogP contribution in [0.2, 0.25) is 0 Å². The predicted octanol–water partition coefficient (Wildman–Crippen LogP) is 3.66. The molecule has 1 aromatic rings. The molecule has 1 heterocycles. The predicted molar refractivity (Wildman–Crippen MR) is 72.2 cm³/mol. The summed E-state index contributed by atoms with van der Waals surface area (Å²) in [6.45, 7) is 6.58. The number of hydrogen-bond donors (Lipinski definition) is 1. The Morgan fingerprint density at radius 3 is 2.53 bits per heavy atom. The van der Waals surface area contributed by atoms with Crippen LogP contribution in [0.4, 0.5) is 5.82 Å². The molecule has 0 atom stereocenters. The van der Waals surface area contributed by atoms with E-state index in [0.717, 1.165) is 24.4 Å². The third-order valence-electron chi connectivity index (χ3n) is 3.78. The molecule has 0 aromatic carbocycles. The summed E-state index contributed by atoms with van der Waals surface area (Å²) in [5.41, 5.74) is 7.37. The van der Waals surface area contributed by atoms with E-state index in [1.54, 1.807) is 0 Å². The standard InChI is InChI=1S/C14H25N3/c1-4-7-12-13(15)17(10(2)3)14(16-12)11-8-5-6-9-11/h10-11H,4-9,15H2,1-3H3. The molecule has 0 bridgehead atoms. The molecule has 0 saturated heterocycles. The normalized spacial score (nSPS) is 17.2. The van der Waals surface area contributed by atoms with Crippen molar-refractivity contribution < 1.29 is 0 Å². The molecule has 1 aliphatic rings. The van der Waals surface area contributed by atoms with Crippen LogP contribution in [0.25, 0.3) is 0 Å². The van der Waals surface area contributed by atoms with Crippen molar-refractivity contribution in [2.75, 3.05) is 5.73 Å². The van der Waals surface area contributed by atoms with Crippen LogP contribution in [0.1, 0.15) is 76.4 Å². The average molecular weight is 235 g/mol. The lowest BCUT2D eigenvalue weighted by Crippen LogP contribution is -2.11. The van der Waals surface area contributed by atoms with Gasteiger partial charge in [-0.3, -0.25) is 0 Å². The lowest BCUT2D eigenvalue weighted by atomic mass is 10.1.